The zero-order valence-corrected chi connectivity index (χ0v) is 9.07. The molecule has 0 bridgehead atoms. The highest BCUT2D eigenvalue weighted by atomic mass is 16.1. The van der Waals surface area contributed by atoms with Crippen molar-refractivity contribution in [1.29, 1.82) is 5.26 Å². The standard InChI is InChI=1S/C14H13NO/c15-8-2-1-3-11-4-5-13-10-14(16)7-6-12(13)9-11/h1,3-5,9H,2,6-7,10H2. The summed E-state index contributed by atoms with van der Waals surface area (Å²) in [6, 6.07) is 8.23. The van der Waals surface area contributed by atoms with Crippen LogP contribution in [0.5, 0.6) is 0 Å². The number of nitriles is 1. The van der Waals surface area contributed by atoms with Gasteiger partial charge in [-0.25, -0.2) is 0 Å². The van der Waals surface area contributed by atoms with Crippen molar-refractivity contribution in [3.63, 3.8) is 0 Å². The summed E-state index contributed by atoms with van der Waals surface area (Å²) in [5, 5.41) is 8.43. The Labute approximate surface area is 95.2 Å². The number of ketones is 1. The molecule has 0 aromatic heterocycles. The summed E-state index contributed by atoms with van der Waals surface area (Å²) >= 11 is 0. The lowest BCUT2D eigenvalue weighted by molar-refractivity contribution is -0.118. The lowest BCUT2D eigenvalue weighted by atomic mass is 9.89. The van der Waals surface area contributed by atoms with Gasteiger partial charge >= 0.3 is 0 Å². The van der Waals surface area contributed by atoms with Crippen LogP contribution in [0.3, 0.4) is 0 Å². The molecule has 0 saturated heterocycles. The summed E-state index contributed by atoms with van der Waals surface area (Å²) < 4.78 is 0. The molecule has 0 fully saturated rings. The van der Waals surface area contributed by atoms with E-state index in [9.17, 15) is 4.79 Å². The van der Waals surface area contributed by atoms with E-state index in [1.165, 1.54) is 5.56 Å². The second-order valence-electron chi connectivity index (χ2n) is 4.01. The number of carbonyl (C=O) groups excluding carboxylic acids is 1. The maximum atomic E-state index is 11.3. The van der Waals surface area contributed by atoms with Crippen molar-refractivity contribution >= 4 is 11.9 Å². The average molecular weight is 211 g/mol. The van der Waals surface area contributed by atoms with E-state index in [4.69, 9.17) is 5.26 Å². The Morgan fingerprint density at radius 1 is 1.31 bits per heavy atom. The van der Waals surface area contributed by atoms with E-state index in [0.29, 0.717) is 25.0 Å². The van der Waals surface area contributed by atoms with Gasteiger partial charge in [-0.1, -0.05) is 30.4 Å². The van der Waals surface area contributed by atoms with Gasteiger partial charge in [0.1, 0.15) is 5.78 Å². The molecule has 2 rings (SSSR count). The SMILES string of the molecule is N#CCC=Cc1ccc2c(c1)CCC(=O)C2. The molecule has 1 aromatic carbocycles. The minimum absolute atomic E-state index is 0.334. The van der Waals surface area contributed by atoms with Crippen molar-refractivity contribution in [3.8, 4) is 6.07 Å². The number of fused-ring (bicyclic) bond motifs is 1. The first-order valence-electron chi connectivity index (χ1n) is 5.46. The molecule has 0 aliphatic heterocycles. The van der Waals surface area contributed by atoms with Gasteiger partial charge in [0.2, 0.25) is 0 Å². The number of aryl methyl sites for hydroxylation is 1. The fraction of sp³-hybridized carbons (Fsp3) is 0.286. The molecule has 1 aromatic rings. The molecule has 2 heteroatoms. The number of allylic oxidation sites excluding steroid dienone is 1. The van der Waals surface area contributed by atoms with Gasteiger partial charge in [0, 0.05) is 12.8 Å². The zero-order valence-electron chi connectivity index (χ0n) is 9.07. The second-order valence-corrected chi connectivity index (χ2v) is 4.01. The number of carbonyl (C=O) groups is 1. The Balaban J connectivity index is 2.20. The van der Waals surface area contributed by atoms with Crippen LogP contribution in [0.25, 0.3) is 6.08 Å². The normalized spacial score (nSPS) is 14.8. The van der Waals surface area contributed by atoms with Crippen LogP contribution in [0.1, 0.15) is 29.5 Å². The van der Waals surface area contributed by atoms with Crippen LogP contribution in [0.15, 0.2) is 24.3 Å². The Morgan fingerprint density at radius 2 is 2.19 bits per heavy atom. The molecule has 80 valence electrons. The number of hydrogen-bond acceptors (Lipinski definition) is 2. The summed E-state index contributed by atoms with van der Waals surface area (Å²) in [6.07, 6.45) is 6.36. The quantitative estimate of drug-likeness (QED) is 0.754. The lowest BCUT2D eigenvalue weighted by Crippen LogP contribution is -2.12. The predicted octanol–water partition coefficient (Wildman–Crippen LogP) is 2.67. The monoisotopic (exact) mass is 211 g/mol. The van der Waals surface area contributed by atoms with Gasteiger partial charge in [0.15, 0.2) is 0 Å². The third-order valence-corrected chi connectivity index (χ3v) is 2.81. The molecule has 0 spiro atoms. The summed E-state index contributed by atoms with van der Waals surface area (Å²) in [5.41, 5.74) is 3.55. The van der Waals surface area contributed by atoms with Crippen LogP contribution in [0.2, 0.25) is 0 Å². The van der Waals surface area contributed by atoms with Crippen molar-refractivity contribution < 1.29 is 4.79 Å². The average Bonchev–Trinajstić information content (AvgIpc) is 2.29. The summed E-state index contributed by atoms with van der Waals surface area (Å²) in [5.74, 6) is 0.334. The van der Waals surface area contributed by atoms with Gasteiger partial charge in [0.25, 0.3) is 0 Å². The van der Waals surface area contributed by atoms with E-state index in [1.54, 1.807) is 0 Å². The van der Waals surface area contributed by atoms with Crippen LogP contribution >= 0.6 is 0 Å². The van der Waals surface area contributed by atoms with Crippen molar-refractivity contribution in [3.05, 3.63) is 41.0 Å². The topological polar surface area (TPSA) is 40.9 Å². The molecule has 2 nitrogen and oxygen atoms in total. The van der Waals surface area contributed by atoms with Crippen LogP contribution in [-0.4, -0.2) is 5.78 Å². The smallest absolute Gasteiger partial charge is 0.137 e. The molecule has 0 heterocycles. The summed E-state index contributed by atoms with van der Waals surface area (Å²) in [6.45, 7) is 0. The van der Waals surface area contributed by atoms with Gasteiger partial charge in [0.05, 0.1) is 12.5 Å². The highest BCUT2D eigenvalue weighted by Crippen LogP contribution is 2.21. The van der Waals surface area contributed by atoms with Gasteiger partial charge in [-0.3, -0.25) is 4.79 Å². The molecular formula is C14H13NO. The number of Topliss-reactive ketones (excluding diaryl/α,β-unsaturated/α-hetero) is 1. The largest absolute Gasteiger partial charge is 0.299 e. The molecule has 0 unspecified atom stereocenters. The Morgan fingerprint density at radius 3 is 3.00 bits per heavy atom. The summed E-state index contributed by atoms with van der Waals surface area (Å²) in [4.78, 5) is 11.3. The van der Waals surface area contributed by atoms with E-state index in [-0.39, 0.29) is 0 Å². The number of hydrogen-bond donors (Lipinski definition) is 0. The van der Waals surface area contributed by atoms with E-state index in [1.807, 2.05) is 24.3 Å². The number of rotatable bonds is 2. The van der Waals surface area contributed by atoms with E-state index < -0.39 is 0 Å². The van der Waals surface area contributed by atoms with E-state index in [2.05, 4.69) is 12.1 Å². The molecule has 1 aliphatic carbocycles. The first-order valence-corrected chi connectivity index (χ1v) is 5.46. The molecule has 0 saturated carbocycles. The van der Waals surface area contributed by atoms with Crippen molar-refractivity contribution in [2.45, 2.75) is 25.7 Å². The first-order chi connectivity index (χ1) is 7.79. The number of nitrogens with zero attached hydrogens (tertiary/aromatic N) is 1. The highest BCUT2D eigenvalue weighted by molar-refractivity contribution is 5.83. The molecule has 0 atom stereocenters. The van der Waals surface area contributed by atoms with Crippen molar-refractivity contribution in [1.82, 2.24) is 0 Å². The number of benzene rings is 1. The fourth-order valence-corrected chi connectivity index (χ4v) is 1.98. The Hall–Kier alpha value is -1.88. The molecule has 0 radical (unpaired) electrons. The molecule has 1 aliphatic rings. The Kier molecular flexibility index (Phi) is 3.16. The van der Waals surface area contributed by atoms with E-state index >= 15 is 0 Å². The van der Waals surface area contributed by atoms with Crippen molar-refractivity contribution in [2.75, 3.05) is 0 Å². The molecule has 0 N–H and O–H groups in total. The van der Waals surface area contributed by atoms with Gasteiger partial charge in [-0.2, -0.15) is 5.26 Å². The van der Waals surface area contributed by atoms with Gasteiger partial charge in [-0.15, -0.1) is 0 Å². The highest BCUT2D eigenvalue weighted by Gasteiger charge is 2.14. The molecular weight excluding hydrogens is 198 g/mol. The molecule has 0 amide bonds. The maximum Gasteiger partial charge on any atom is 0.137 e. The maximum absolute atomic E-state index is 11.3. The minimum atomic E-state index is 0.334. The van der Waals surface area contributed by atoms with Crippen LogP contribution < -0.4 is 0 Å². The van der Waals surface area contributed by atoms with Gasteiger partial charge < -0.3 is 0 Å². The predicted molar refractivity (Wildman–Crippen MR) is 62.7 cm³/mol. The van der Waals surface area contributed by atoms with Gasteiger partial charge in [-0.05, 0) is 23.1 Å². The third-order valence-electron chi connectivity index (χ3n) is 2.81. The fourth-order valence-electron chi connectivity index (χ4n) is 1.98. The summed E-state index contributed by atoms with van der Waals surface area (Å²) in [7, 11) is 0. The van der Waals surface area contributed by atoms with Crippen LogP contribution in [-0.2, 0) is 17.6 Å². The second kappa shape index (κ2) is 4.76. The zero-order chi connectivity index (χ0) is 11.4. The Bertz CT molecular complexity index is 480. The molecule has 16 heavy (non-hydrogen) atoms. The van der Waals surface area contributed by atoms with Crippen LogP contribution in [0.4, 0.5) is 0 Å². The van der Waals surface area contributed by atoms with Crippen LogP contribution in [0, 0.1) is 11.3 Å². The van der Waals surface area contributed by atoms with Crippen molar-refractivity contribution in [2.24, 2.45) is 0 Å². The third kappa shape index (κ3) is 2.38. The lowest BCUT2D eigenvalue weighted by Gasteiger charge is -2.14. The van der Waals surface area contributed by atoms with E-state index in [0.717, 1.165) is 17.5 Å². The minimum Gasteiger partial charge on any atom is -0.299 e. The first kappa shape index (κ1) is 10.6.